The van der Waals surface area contributed by atoms with Gasteiger partial charge in [0.15, 0.2) is 0 Å². The highest BCUT2D eigenvalue weighted by Gasteiger charge is 2.40. The summed E-state index contributed by atoms with van der Waals surface area (Å²) in [4.78, 5) is 71.6. The Kier molecular flexibility index (Phi) is 24.4. The van der Waals surface area contributed by atoms with E-state index in [2.05, 4.69) is 38.2 Å². The molecule has 0 aliphatic carbocycles. The maximum Gasteiger partial charge on any atom is 0.317 e. The van der Waals surface area contributed by atoms with Gasteiger partial charge in [-0.15, -0.1) is 0 Å². The van der Waals surface area contributed by atoms with Crippen molar-refractivity contribution in [3.05, 3.63) is 24.3 Å². The topological polar surface area (TPSA) is 161 Å². The summed E-state index contributed by atoms with van der Waals surface area (Å²) in [5, 5.41) is 17.9. The molecule has 2 rings (SSSR count). The van der Waals surface area contributed by atoms with E-state index in [9.17, 15) is 28.8 Å². The Morgan fingerprint density at radius 1 is 0.556 bits per heavy atom. The largest absolute Gasteiger partial charge is 0.481 e. The number of ether oxygens (including phenoxy) is 2. The molecule has 2 saturated heterocycles. The van der Waals surface area contributed by atoms with E-state index in [0.29, 0.717) is 24.7 Å². The zero-order chi connectivity index (χ0) is 39.6. The van der Waals surface area contributed by atoms with Crippen LogP contribution in [0.5, 0.6) is 0 Å². The van der Waals surface area contributed by atoms with Crippen LogP contribution in [0.3, 0.4) is 0 Å². The summed E-state index contributed by atoms with van der Waals surface area (Å²) in [5.74, 6) is -3.62. The minimum Gasteiger partial charge on any atom is -0.481 e. The number of hydrogen-bond acceptors (Lipinski definition) is 8. The van der Waals surface area contributed by atoms with Crippen LogP contribution in [0.25, 0.3) is 0 Å². The molecule has 10 heteroatoms. The van der Waals surface area contributed by atoms with E-state index in [1.807, 2.05) is 0 Å². The van der Waals surface area contributed by atoms with Crippen molar-refractivity contribution in [2.24, 2.45) is 35.5 Å². The summed E-state index contributed by atoms with van der Waals surface area (Å²) in [7, 11) is 0. The lowest BCUT2D eigenvalue weighted by Gasteiger charge is -2.31. The van der Waals surface area contributed by atoms with E-state index in [1.54, 1.807) is 0 Å². The fourth-order valence-electron chi connectivity index (χ4n) is 8.20. The minimum absolute atomic E-state index is 0.0808. The molecule has 0 amide bonds. The fraction of sp³-hybridized carbons (Fsp3) is 0.773. The second kappa shape index (κ2) is 28.2. The second-order valence-corrected chi connectivity index (χ2v) is 15.8. The molecule has 6 atom stereocenters. The number of carboxylic acid groups (broad SMARTS) is 2. The van der Waals surface area contributed by atoms with E-state index in [-0.39, 0.29) is 37.5 Å². The molecule has 2 heterocycles. The summed E-state index contributed by atoms with van der Waals surface area (Å²) in [6.07, 6.45) is 29.9. The van der Waals surface area contributed by atoms with Gasteiger partial charge in [0.1, 0.15) is 0 Å². The molecule has 0 aromatic carbocycles. The Labute approximate surface area is 324 Å². The highest BCUT2D eigenvalue weighted by molar-refractivity contribution is 5.95. The number of carboxylic acids is 2. The average Bonchev–Trinajstić information content (AvgIpc) is 3.65. The quantitative estimate of drug-likeness (QED) is 0.0285. The van der Waals surface area contributed by atoms with Gasteiger partial charge in [0.2, 0.25) is 0 Å². The Hall–Kier alpha value is -3.30. The van der Waals surface area contributed by atoms with Crippen molar-refractivity contribution >= 4 is 35.8 Å². The molecule has 0 spiro atoms. The first-order valence-corrected chi connectivity index (χ1v) is 21.3. The molecule has 0 aromatic rings. The summed E-state index contributed by atoms with van der Waals surface area (Å²) in [6, 6.07) is 0. The predicted molar refractivity (Wildman–Crippen MR) is 208 cm³/mol. The van der Waals surface area contributed by atoms with Crippen LogP contribution < -0.4 is 0 Å². The van der Waals surface area contributed by atoms with Crippen LogP contribution in [-0.4, -0.2) is 46.0 Å². The third-order valence-electron chi connectivity index (χ3n) is 11.4. The van der Waals surface area contributed by atoms with Crippen molar-refractivity contribution in [2.45, 2.75) is 181 Å². The molecule has 54 heavy (non-hydrogen) atoms. The minimum atomic E-state index is -0.750. The molecule has 6 unspecified atom stereocenters. The van der Waals surface area contributed by atoms with Gasteiger partial charge in [-0.3, -0.25) is 28.8 Å². The van der Waals surface area contributed by atoms with Gasteiger partial charge < -0.3 is 19.7 Å². The van der Waals surface area contributed by atoms with Crippen LogP contribution in [0.15, 0.2) is 24.3 Å². The molecule has 2 N–H and O–H groups in total. The first-order chi connectivity index (χ1) is 26.0. The third kappa shape index (κ3) is 19.9. The Balaban J connectivity index is 2.26. The number of hydrogen-bond donors (Lipinski definition) is 2. The van der Waals surface area contributed by atoms with Gasteiger partial charge in [0.25, 0.3) is 0 Å². The number of unbranched alkanes of at least 4 members (excludes halogenated alkanes) is 12. The van der Waals surface area contributed by atoms with Gasteiger partial charge in [-0.25, -0.2) is 0 Å². The van der Waals surface area contributed by atoms with Gasteiger partial charge in [-0.1, -0.05) is 128 Å². The molecule has 0 saturated carbocycles. The zero-order valence-electron chi connectivity index (χ0n) is 33.3. The molecular weight excluding hydrogens is 688 g/mol. The van der Waals surface area contributed by atoms with Gasteiger partial charge in [-0.2, -0.15) is 0 Å². The molecule has 0 radical (unpaired) electrons. The van der Waals surface area contributed by atoms with Crippen LogP contribution in [-0.2, 0) is 38.2 Å². The number of aliphatic carboxylic acids is 2. The molecule has 306 valence electrons. The third-order valence-corrected chi connectivity index (χ3v) is 11.4. The van der Waals surface area contributed by atoms with Gasteiger partial charge in [-0.05, 0) is 75.0 Å². The van der Waals surface area contributed by atoms with E-state index in [4.69, 9.17) is 19.7 Å². The monoisotopic (exact) mass is 758 g/mol. The number of esters is 4. The molecule has 2 aliphatic heterocycles. The van der Waals surface area contributed by atoms with Crippen LogP contribution in [0.1, 0.15) is 181 Å². The summed E-state index contributed by atoms with van der Waals surface area (Å²) >= 11 is 0. The van der Waals surface area contributed by atoms with Gasteiger partial charge in [0, 0.05) is 12.8 Å². The highest BCUT2D eigenvalue weighted by atomic mass is 16.6. The standard InChI is InChI=1S/C44H70O10/c1-3-5-15-23-35(37-31-41(49)53-43(37)51)29-27-33(21-17-11-7-9-13-19-25-39(45)46)34(22-18-12-8-10-14-20-26-40(47)48)28-30-36(24-16-6-4-2)38-32-42(50)54-44(38)52/h15-16,23-24,33-38H,3-14,17-22,25-32H2,1-2H3,(H,45,46)(H,47,48). The average molecular weight is 759 g/mol. The first-order valence-electron chi connectivity index (χ1n) is 21.3. The first kappa shape index (κ1) is 46.9. The molecular formula is C44H70O10. The summed E-state index contributed by atoms with van der Waals surface area (Å²) < 4.78 is 9.98. The number of carbonyl (C=O) groups is 6. The lowest BCUT2D eigenvalue weighted by molar-refractivity contribution is -0.155. The van der Waals surface area contributed by atoms with E-state index in [0.717, 1.165) is 128 Å². The van der Waals surface area contributed by atoms with Gasteiger partial charge in [0.05, 0.1) is 24.7 Å². The lowest BCUT2D eigenvalue weighted by Crippen LogP contribution is -2.23. The molecule has 2 fully saturated rings. The SMILES string of the molecule is CCCC=CC(CCC(CCCCCCCCC(=O)O)C(CCCCCCCCC(=O)O)CCC(C=CCCC)C1CC(=O)OC1=O)C1CC(=O)OC1=O. The number of carbonyl (C=O) groups excluding carboxylic acids is 4. The van der Waals surface area contributed by atoms with Crippen molar-refractivity contribution in [3.8, 4) is 0 Å². The van der Waals surface area contributed by atoms with Crippen LogP contribution >= 0.6 is 0 Å². The fourth-order valence-corrected chi connectivity index (χ4v) is 8.20. The Bertz CT molecular complexity index is 1110. The summed E-state index contributed by atoms with van der Waals surface area (Å²) in [5.41, 5.74) is 0. The van der Waals surface area contributed by atoms with E-state index >= 15 is 0 Å². The number of rotatable bonds is 33. The van der Waals surface area contributed by atoms with Crippen molar-refractivity contribution in [2.75, 3.05) is 0 Å². The summed E-state index contributed by atoms with van der Waals surface area (Å²) in [6.45, 7) is 4.23. The van der Waals surface area contributed by atoms with Crippen molar-refractivity contribution in [1.82, 2.24) is 0 Å². The van der Waals surface area contributed by atoms with Crippen LogP contribution in [0, 0.1) is 35.5 Å². The second-order valence-electron chi connectivity index (χ2n) is 15.8. The van der Waals surface area contributed by atoms with Gasteiger partial charge >= 0.3 is 35.8 Å². The number of cyclic esters (lactones) is 4. The van der Waals surface area contributed by atoms with Crippen LogP contribution in [0.4, 0.5) is 0 Å². The number of allylic oxidation sites excluding steroid dienone is 4. The normalized spacial score (nSPS) is 19.7. The maximum absolute atomic E-state index is 12.7. The van der Waals surface area contributed by atoms with Crippen molar-refractivity contribution in [1.29, 1.82) is 0 Å². The molecule has 0 aromatic heterocycles. The van der Waals surface area contributed by atoms with E-state index in [1.165, 1.54) is 0 Å². The van der Waals surface area contributed by atoms with Crippen molar-refractivity contribution in [3.63, 3.8) is 0 Å². The Morgan fingerprint density at radius 3 is 1.22 bits per heavy atom. The Morgan fingerprint density at radius 2 is 0.907 bits per heavy atom. The zero-order valence-corrected chi connectivity index (χ0v) is 33.3. The molecule has 10 nitrogen and oxygen atoms in total. The van der Waals surface area contributed by atoms with Crippen molar-refractivity contribution < 1.29 is 48.5 Å². The predicted octanol–water partition coefficient (Wildman–Crippen LogP) is 10.3. The lowest BCUT2D eigenvalue weighted by atomic mass is 9.74. The van der Waals surface area contributed by atoms with E-state index < -0.39 is 47.7 Å². The highest BCUT2D eigenvalue weighted by Crippen LogP contribution is 2.39. The smallest absolute Gasteiger partial charge is 0.317 e. The maximum atomic E-state index is 12.7. The molecule has 0 bridgehead atoms. The molecule has 2 aliphatic rings. The van der Waals surface area contributed by atoms with Crippen LogP contribution in [0.2, 0.25) is 0 Å².